The van der Waals surface area contributed by atoms with Crippen LogP contribution in [-0.4, -0.2) is 74.6 Å². The minimum absolute atomic E-state index is 0.00390. The predicted octanol–water partition coefficient (Wildman–Crippen LogP) is 5.19. The quantitative estimate of drug-likeness (QED) is 0.438. The maximum Gasteiger partial charge on any atom is 0.151 e. The zero-order valence-corrected chi connectivity index (χ0v) is 22.2. The summed E-state index contributed by atoms with van der Waals surface area (Å²) in [5.74, 6) is 1.79. The Bertz CT molecular complexity index is 1310. The Balaban J connectivity index is 1.07. The van der Waals surface area contributed by atoms with Crippen LogP contribution in [0.1, 0.15) is 18.1 Å². The minimum Gasteiger partial charge on any atom is -0.496 e. The highest BCUT2D eigenvalue weighted by atomic mass is 16.6. The van der Waals surface area contributed by atoms with Crippen LogP contribution >= 0.6 is 0 Å². The van der Waals surface area contributed by atoms with Gasteiger partial charge in [0.2, 0.25) is 0 Å². The van der Waals surface area contributed by atoms with Gasteiger partial charge in [-0.2, -0.15) is 0 Å². The van der Waals surface area contributed by atoms with Gasteiger partial charge in [0.15, 0.2) is 6.10 Å². The molecule has 3 aliphatic heterocycles. The Kier molecular flexibility index (Phi) is 7.16. The molecule has 2 unspecified atom stereocenters. The predicted molar refractivity (Wildman–Crippen MR) is 152 cm³/mol. The van der Waals surface area contributed by atoms with Gasteiger partial charge in [-0.05, 0) is 30.2 Å². The average molecular weight is 510 g/mol. The van der Waals surface area contributed by atoms with Crippen molar-refractivity contribution < 1.29 is 14.3 Å². The van der Waals surface area contributed by atoms with E-state index in [4.69, 9.17) is 14.3 Å². The number of oxime groups is 1. The number of methoxy groups -OCH3 is 1. The molecule has 0 aliphatic carbocycles. The monoisotopic (exact) mass is 509 g/mol. The van der Waals surface area contributed by atoms with Gasteiger partial charge in [-0.1, -0.05) is 77.5 Å². The minimum atomic E-state index is 0.00390. The summed E-state index contributed by atoms with van der Waals surface area (Å²) in [6.07, 6.45) is 2.29. The Morgan fingerprint density at radius 3 is 2.39 bits per heavy atom. The van der Waals surface area contributed by atoms with Crippen molar-refractivity contribution in [1.82, 2.24) is 9.80 Å². The van der Waals surface area contributed by atoms with Crippen molar-refractivity contribution in [3.8, 4) is 22.6 Å². The van der Waals surface area contributed by atoms with Crippen LogP contribution in [0.5, 0.6) is 11.5 Å². The molecule has 6 heteroatoms. The molecule has 1 saturated heterocycles. The molecule has 0 aromatic heterocycles. The third kappa shape index (κ3) is 5.19. The maximum atomic E-state index is 6.28. The van der Waals surface area contributed by atoms with Gasteiger partial charge in [0.05, 0.1) is 13.0 Å². The van der Waals surface area contributed by atoms with Crippen LogP contribution in [0.15, 0.2) is 83.5 Å². The Hall–Kier alpha value is -3.61. The van der Waals surface area contributed by atoms with Gasteiger partial charge in [0.25, 0.3) is 0 Å². The summed E-state index contributed by atoms with van der Waals surface area (Å²) in [7, 11) is 1.71. The van der Waals surface area contributed by atoms with Gasteiger partial charge < -0.3 is 14.3 Å². The standard InChI is InChI=1S/C32H35N3O3/c1-23(17-24-9-5-3-6-10-24)20-34-13-15-35(16-14-34)21-31-28-22-37-30-18-26(25-11-7-4-8-12-25)29(36-2)19-27(30)32(28)33-38-31/h3-12,17-19,28,31H,13-16,20-22H2,1-2H3. The highest BCUT2D eigenvalue weighted by Crippen LogP contribution is 2.41. The van der Waals surface area contributed by atoms with E-state index in [1.54, 1.807) is 7.11 Å². The van der Waals surface area contributed by atoms with E-state index in [0.717, 1.165) is 73.2 Å². The zero-order chi connectivity index (χ0) is 25.9. The number of benzene rings is 3. The van der Waals surface area contributed by atoms with Gasteiger partial charge >= 0.3 is 0 Å². The molecular formula is C32H35N3O3. The van der Waals surface area contributed by atoms with Crippen molar-refractivity contribution in [3.63, 3.8) is 0 Å². The van der Waals surface area contributed by atoms with Crippen LogP contribution in [0.4, 0.5) is 0 Å². The first kappa shape index (κ1) is 24.7. The molecule has 0 bridgehead atoms. The number of ether oxygens (including phenoxy) is 2. The Labute approximate surface area is 225 Å². The number of hydrogen-bond donors (Lipinski definition) is 0. The number of rotatable bonds is 7. The lowest BCUT2D eigenvalue weighted by molar-refractivity contribution is 0.0101. The van der Waals surface area contributed by atoms with E-state index in [1.807, 2.05) is 18.2 Å². The summed E-state index contributed by atoms with van der Waals surface area (Å²) >= 11 is 0. The van der Waals surface area contributed by atoms with E-state index in [2.05, 4.69) is 82.6 Å². The first-order chi connectivity index (χ1) is 18.7. The molecule has 0 saturated carbocycles. The van der Waals surface area contributed by atoms with Crippen molar-refractivity contribution in [2.45, 2.75) is 13.0 Å². The number of nitrogens with zero attached hydrogens (tertiary/aromatic N) is 3. The van der Waals surface area contributed by atoms with Crippen LogP contribution in [0, 0.1) is 5.92 Å². The van der Waals surface area contributed by atoms with E-state index in [0.29, 0.717) is 6.61 Å². The van der Waals surface area contributed by atoms with Crippen LogP contribution in [-0.2, 0) is 4.84 Å². The van der Waals surface area contributed by atoms with Gasteiger partial charge in [-0.15, -0.1) is 0 Å². The molecule has 38 heavy (non-hydrogen) atoms. The summed E-state index contributed by atoms with van der Waals surface area (Å²) < 4.78 is 12.0. The Morgan fingerprint density at radius 2 is 1.66 bits per heavy atom. The summed E-state index contributed by atoms with van der Waals surface area (Å²) in [5, 5.41) is 4.55. The molecule has 1 fully saturated rings. The van der Waals surface area contributed by atoms with E-state index in [-0.39, 0.29) is 12.0 Å². The fourth-order valence-electron chi connectivity index (χ4n) is 5.73. The van der Waals surface area contributed by atoms with Crippen molar-refractivity contribution in [3.05, 3.63) is 89.5 Å². The second-order valence-electron chi connectivity index (χ2n) is 10.4. The van der Waals surface area contributed by atoms with E-state index in [9.17, 15) is 0 Å². The van der Waals surface area contributed by atoms with Crippen LogP contribution in [0.2, 0.25) is 0 Å². The molecule has 6 nitrogen and oxygen atoms in total. The second-order valence-corrected chi connectivity index (χ2v) is 10.4. The smallest absolute Gasteiger partial charge is 0.151 e. The molecule has 0 spiro atoms. The lowest BCUT2D eigenvalue weighted by Gasteiger charge is -2.36. The van der Waals surface area contributed by atoms with Crippen molar-refractivity contribution in [2.75, 3.05) is 53.0 Å². The topological polar surface area (TPSA) is 46.5 Å². The van der Waals surface area contributed by atoms with Crippen molar-refractivity contribution in [2.24, 2.45) is 11.1 Å². The largest absolute Gasteiger partial charge is 0.496 e. The average Bonchev–Trinajstić information content (AvgIpc) is 3.37. The van der Waals surface area contributed by atoms with Crippen molar-refractivity contribution >= 4 is 11.8 Å². The number of fused-ring (bicyclic) bond motifs is 3. The summed E-state index contributed by atoms with van der Waals surface area (Å²) in [6.45, 7) is 8.87. The van der Waals surface area contributed by atoms with Crippen LogP contribution < -0.4 is 9.47 Å². The third-order valence-corrected chi connectivity index (χ3v) is 7.76. The summed E-state index contributed by atoms with van der Waals surface area (Å²) in [4.78, 5) is 11.1. The molecule has 3 aromatic carbocycles. The zero-order valence-electron chi connectivity index (χ0n) is 22.2. The van der Waals surface area contributed by atoms with Crippen molar-refractivity contribution in [1.29, 1.82) is 0 Å². The number of hydrogen-bond acceptors (Lipinski definition) is 6. The fourth-order valence-corrected chi connectivity index (χ4v) is 5.73. The molecule has 6 rings (SSSR count). The Morgan fingerprint density at radius 1 is 0.947 bits per heavy atom. The maximum absolute atomic E-state index is 6.28. The van der Waals surface area contributed by atoms with Gasteiger partial charge in [0, 0.05) is 50.4 Å². The third-order valence-electron chi connectivity index (χ3n) is 7.76. The summed E-state index contributed by atoms with van der Waals surface area (Å²) in [6, 6.07) is 24.9. The van der Waals surface area contributed by atoms with E-state index >= 15 is 0 Å². The highest BCUT2D eigenvalue weighted by molar-refractivity contribution is 6.07. The molecule has 3 aliphatic rings. The normalized spacial score (nSPS) is 21.6. The summed E-state index contributed by atoms with van der Waals surface area (Å²) in [5.41, 5.74) is 6.74. The van der Waals surface area contributed by atoms with Gasteiger partial charge in [-0.25, -0.2) is 0 Å². The second kappa shape index (κ2) is 11.0. The molecule has 0 amide bonds. The molecule has 2 atom stereocenters. The molecule has 0 N–H and O–H groups in total. The highest BCUT2D eigenvalue weighted by Gasteiger charge is 2.41. The SMILES string of the molecule is COc1cc2c(cc1-c1ccccc1)OCC1C2=NOC1CN1CCN(CC(C)=Cc2ccccc2)CC1. The lowest BCUT2D eigenvalue weighted by Crippen LogP contribution is -2.50. The van der Waals surface area contributed by atoms with Crippen LogP contribution in [0.3, 0.4) is 0 Å². The molecule has 196 valence electrons. The first-order valence-electron chi connectivity index (χ1n) is 13.5. The van der Waals surface area contributed by atoms with E-state index < -0.39 is 0 Å². The van der Waals surface area contributed by atoms with Crippen LogP contribution in [0.25, 0.3) is 17.2 Å². The fraction of sp³-hybridized carbons (Fsp3) is 0.344. The molecule has 0 radical (unpaired) electrons. The molecule has 3 aromatic rings. The van der Waals surface area contributed by atoms with E-state index in [1.165, 1.54) is 11.1 Å². The van der Waals surface area contributed by atoms with Gasteiger partial charge in [-0.3, -0.25) is 9.80 Å². The molecular weight excluding hydrogens is 474 g/mol. The van der Waals surface area contributed by atoms with Gasteiger partial charge in [0.1, 0.15) is 23.8 Å². The molecule has 3 heterocycles. The first-order valence-corrected chi connectivity index (χ1v) is 13.5. The lowest BCUT2D eigenvalue weighted by atomic mass is 9.88. The number of piperazine rings is 1.